The maximum atomic E-state index is 4.34. The van der Waals surface area contributed by atoms with E-state index in [-0.39, 0.29) is 0 Å². The van der Waals surface area contributed by atoms with Crippen molar-refractivity contribution in [3.05, 3.63) is 76.7 Å². The summed E-state index contributed by atoms with van der Waals surface area (Å²) in [5, 5.41) is 6.88. The Morgan fingerprint density at radius 3 is 2.70 bits per heavy atom. The second-order valence-corrected chi connectivity index (χ2v) is 6.25. The van der Waals surface area contributed by atoms with Crippen molar-refractivity contribution in [1.82, 2.24) is 15.3 Å². The molecule has 2 aromatic heterocycles. The van der Waals surface area contributed by atoms with Crippen LogP contribution >= 0.6 is 11.3 Å². The summed E-state index contributed by atoms with van der Waals surface area (Å²) in [4.78, 5) is 7.65. The number of benzene rings is 2. The average molecular weight is 319 g/mol. The third kappa shape index (κ3) is 3.04. The van der Waals surface area contributed by atoms with Crippen LogP contribution in [0.4, 0.5) is 0 Å². The number of H-pyrrole nitrogens is 1. The van der Waals surface area contributed by atoms with Gasteiger partial charge in [0.15, 0.2) is 0 Å². The fourth-order valence-corrected chi connectivity index (χ4v) is 3.33. The summed E-state index contributed by atoms with van der Waals surface area (Å²) >= 11 is 1.63. The van der Waals surface area contributed by atoms with E-state index in [2.05, 4.69) is 75.4 Å². The highest BCUT2D eigenvalue weighted by atomic mass is 32.1. The van der Waals surface area contributed by atoms with Crippen LogP contribution in [0, 0.1) is 0 Å². The lowest BCUT2D eigenvalue weighted by Gasteiger charge is -2.05. The second kappa shape index (κ2) is 6.36. The number of hydrogen-bond donors (Lipinski definition) is 2. The van der Waals surface area contributed by atoms with Gasteiger partial charge in [-0.25, -0.2) is 4.98 Å². The minimum absolute atomic E-state index is 0.858. The van der Waals surface area contributed by atoms with Crippen LogP contribution in [0.2, 0.25) is 0 Å². The Morgan fingerprint density at radius 1 is 1.00 bits per heavy atom. The molecule has 0 atom stereocenters. The highest BCUT2D eigenvalue weighted by molar-refractivity contribution is 7.07. The lowest BCUT2D eigenvalue weighted by molar-refractivity contribution is 0.696. The van der Waals surface area contributed by atoms with Gasteiger partial charge in [-0.15, -0.1) is 11.3 Å². The molecule has 3 nitrogen and oxygen atoms in total. The first kappa shape index (κ1) is 14.2. The lowest BCUT2D eigenvalue weighted by Crippen LogP contribution is -2.12. The topological polar surface area (TPSA) is 40.7 Å². The molecule has 4 aromatic rings. The number of hydrogen-bond acceptors (Lipinski definition) is 3. The van der Waals surface area contributed by atoms with Crippen LogP contribution in [0.3, 0.4) is 0 Å². The average Bonchev–Trinajstić information content (AvgIpc) is 3.26. The van der Waals surface area contributed by atoms with Crippen LogP contribution in [0.1, 0.15) is 11.1 Å². The van der Waals surface area contributed by atoms with Gasteiger partial charge in [0.2, 0.25) is 0 Å². The van der Waals surface area contributed by atoms with Crippen molar-refractivity contribution in [2.24, 2.45) is 0 Å². The molecule has 4 heteroatoms. The van der Waals surface area contributed by atoms with Crippen LogP contribution in [0.25, 0.3) is 22.2 Å². The molecular weight excluding hydrogens is 302 g/mol. The Hall–Kier alpha value is -2.43. The monoisotopic (exact) mass is 319 g/mol. The highest BCUT2D eigenvalue weighted by Crippen LogP contribution is 2.20. The molecule has 0 aliphatic heterocycles. The fraction of sp³-hybridized carbons (Fsp3) is 0.105. The summed E-state index contributed by atoms with van der Waals surface area (Å²) in [6.07, 6.45) is 2.09. The maximum Gasteiger partial charge on any atom is 0.0811 e. The van der Waals surface area contributed by atoms with Crippen LogP contribution in [0.15, 0.2) is 65.6 Å². The molecule has 4 rings (SSSR count). The summed E-state index contributed by atoms with van der Waals surface area (Å²) in [5.41, 5.74) is 7.87. The Balaban J connectivity index is 1.39. The van der Waals surface area contributed by atoms with E-state index >= 15 is 0 Å². The van der Waals surface area contributed by atoms with Gasteiger partial charge in [-0.2, -0.15) is 0 Å². The van der Waals surface area contributed by atoms with Gasteiger partial charge in [-0.1, -0.05) is 42.5 Å². The van der Waals surface area contributed by atoms with E-state index in [1.165, 1.54) is 27.6 Å². The van der Waals surface area contributed by atoms with Crippen LogP contribution in [0.5, 0.6) is 0 Å². The Morgan fingerprint density at radius 2 is 1.87 bits per heavy atom. The molecule has 0 unspecified atom stereocenters. The number of aromatic nitrogens is 2. The Bertz CT molecular complexity index is 892. The molecule has 2 N–H and O–H groups in total. The van der Waals surface area contributed by atoms with Crippen molar-refractivity contribution in [2.75, 3.05) is 0 Å². The van der Waals surface area contributed by atoms with Crippen molar-refractivity contribution in [2.45, 2.75) is 13.1 Å². The molecule has 2 aromatic carbocycles. The van der Waals surface area contributed by atoms with Crippen LogP contribution in [-0.2, 0) is 13.1 Å². The first-order chi connectivity index (χ1) is 11.4. The molecule has 0 bridgehead atoms. The summed E-state index contributed by atoms with van der Waals surface area (Å²) in [7, 11) is 0. The zero-order valence-electron chi connectivity index (χ0n) is 12.6. The van der Waals surface area contributed by atoms with Gasteiger partial charge in [0.25, 0.3) is 0 Å². The fourth-order valence-electron chi connectivity index (χ4n) is 2.77. The van der Waals surface area contributed by atoms with E-state index < -0.39 is 0 Å². The summed E-state index contributed by atoms with van der Waals surface area (Å²) in [6.45, 7) is 1.72. The summed E-state index contributed by atoms with van der Waals surface area (Å²) in [5.74, 6) is 0. The molecule has 0 amide bonds. The van der Waals surface area contributed by atoms with E-state index in [0.29, 0.717) is 0 Å². The molecular formula is C19H17N3S. The minimum Gasteiger partial charge on any atom is -0.361 e. The van der Waals surface area contributed by atoms with E-state index in [1.807, 2.05) is 5.51 Å². The second-order valence-electron chi connectivity index (χ2n) is 5.53. The molecule has 114 valence electrons. The Labute approximate surface area is 139 Å². The largest absolute Gasteiger partial charge is 0.361 e. The third-order valence-electron chi connectivity index (χ3n) is 4.00. The lowest BCUT2D eigenvalue weighted by atomic mass is 10.1. The highest BCUT2D eigenvalue weighted by Gasteiger charge is 2.03. The Kier molecular flexibility index (Phi) is 3.92. The van der Waals surface area contributed by atoms with Gasteiger partial charge in [-0.05, 0) is 17.2 Å². The number of nitrogens with one attached hydrogen (secondary N) is 2. The molecule has 0 aliphatic rings. The van der Waals surface area contributed by atoms with Crippen molar-refractivity contribution in [3.63, 3.8) is 0 Å². The number of fused-ring (bicyclic) bond motifs is 1. The van der Waals surface area contributed by atoms with Crippen LogP contribution < -0.4 is 5.32 Å². The molecule has 23 heavy (non-hydrogen) atoms. The number of nitrogens with zero attached hydrogens (tertiary/aromatic N) is 1. The van der Waals surface area contributed by atoms with Crippen molar-refractivity contribution >= 4 is 22.2 Å². The number of rotatable bonds is 5. The molecule has 0 aliphatic carbocycles. The van der Waals surface area contributed by atoms with Crippen molar-refractivity contribution in [1.29, 1.82) is 0 Å². The van der Waals surface area contributed by atoms with Gasteiger partial charge >= 0.3 is 0 Å². The summed E-state index contributed by atoms with van der Waals surface area (Å²) in [6, 6.07) is 17.0. The maximum absolute atomic E-state index is 4.34. The van der Waals surface area contributed by atoms with E-state index in [4.69, 9.17) is 0 Å². The van der Waals surface area contributed by atoms with E-state index in [9.17, 15) is 0 Å². The number of para-hydroxylation sites is 1. The SMILES string of the molecule is c1ccc2c(CNCc3ccc(-c4cscn4)cc3)c[nH]c2c1. The quantitative estimate of drug-likeness (QED) is 0.565. The minimum atomic E-state index is 0.858. The predicted molar refractivity (Wildman–Crippen MR) is 96.4 cm³/mol. The first-order valence-electron chi connectivity index (χ1n) is 7.63. The van der Waals surface area contributed by atoms with E-state index in [1.54, 1.807) is 11.3 Å². The van der Waals surface area contributed by atoms with E-state index in [0.717, 1.165) is 18.8 Å². The molecule has 0 spiro atoms. The zero-order chi connectivity index (χ0) is 15.5. The van der Waals surface area contributed by atoms with Gasteiger partial charge in [0.05, 0.1) is 11.2 Å². The van der Waals surface area contributed by atoms with Gasteiger partial charge in [-0.3, -0.25) is 0 Å². The molecule has 0 saturated carbocycles. The first-order valence-corrected chi connectivity index (χ1v) is 8.57. The third-order valence-corrected chi connectivity index (χ3v) is 4.59. The van der Waals surface area contributed by atoms with Gasteiger partial charge in [0.1, 0.15) is 0 Å². The molecule has 0 fully saturated rings. The molecule has 0 radical (unpaired) electrons. The van der Waals surface area contributed by atoms with Gasteiger partial charge < -0.3 is 10.3 Å². The van der Waals surface area contributed by atoms with Crippen molar-refractivity contribution in [3.8, 4) is 11.3 Å². The van der Waals surface area contributed by atoms with Gasteiger partial charge in [0, 0.05) is 41.1 Å². The zero-order valence-corrected chi connectivity index (χ0v) is 13.4. The summed E-state index contributed by atoms with van der Waals surface area (Å²) < 4.78 is 0. The van der Waals surface area contributed by atoms with Crippen molar-refractivity contribution < 1.29 is 0 Å². The standard InChI is InChI=1S/C19H17N3S/c1-2-4-18-17(3-1)16(11-21-18)10-20-9-14-5-7-15(8-6-14)19-12-23-13-22-19/h1-8,11-13,20-21H,9-10H2. The molecule has 2 heterocycles. The molecule has 0 saturated heterocycles. The van der Waals surface area contributed by atoms with Crippen LogP contribution in [-0.4, -0.2) is 9.97 Å². The normalized spacial score (nSPS) is 11.1. The number of aromatic amines is 1. The number of thiazole rings is 1. The smallest absolute Gasteiger partial charge is 0.0811 e. The predicted octanol–water partition coefficient (Wildman–Crippen LogP) is 4.58.